The molecule has 0 radical (unpaired) electrons. The van der Waals surface area contributed by atoms with E-state index in [4.69, 9.17) is 4.74 Å². The maximum Gasteiger partial charge on any atom is 0.221 e. The summed E-state index contributed by atoms with van der Waals surface area (Å²) in [5, 5.41) is 2.74. The molecule has 0 unspecified atom stereocenters. The van der Waals surface area contributed by atoms with Gasteiger partial charge >= 0.3 is 0 Å². The van der Waals surface area contributed by atoms with Gasteiger partial charge in [0.1, 0.15) is 0 Å². The van der Waals surface area contributed by atoms with Crippen LogP contribution in [0.4, 0.5) is 0 Å². The van der Waals surface area contributed by atoms with Crippen LogP contribution in [0.25, 0.3) is 0 Å². The Morgan fingerprint density at radius 1 is 1.16 bits per heavy atom. The fraction of sp³-hybridized carbons (Fsp3) is 0.846. The molecule has 112 valence electrons. The van der Waals surface area contributed by atoms with Crippen molar-refractivity contribution in [2.45, 2.75) is 19.8 Å². The summed E-state index contributed by atoms with van der Waals surface area (Å²) in [4.78, 5) is 26.8. The molecule has 0 aromatic heterocycles. The third-order valence-corrected chi connectivity index (χ3v) is 2.72. The second kappa shape index (κ2) is 10.8. The van der Waals surface area contributed by atoms with Crippen molar-refractivity contribution in [2.24, 2.45) is 0 Å². The molecule has 2 amide bonds. The lowest BCUT2D eigenvalue weighted by molar-refractivity contribution is -0.129. The minimum absolute atomic E-state index is 0.0171. The van der Waals surface area contributed by atoms with Crippen LogP contribution >= 0.6 is 0 Å². The first kappa shape index (κ1) is 17.9. The van der Waals surface area contributed by atoms with E-state index in [1.54, 1.807) is 18.9 Å². The highest BCUT2D eigenvalue weighted by atomic mass is 16.5. The van der Waals surface area contributed by atoms with Crippen molar-refractivity contribution in [1.29, 1.82) is 0 Å². The summed E-state index contributed by atoms with van der Waals surface area (Å²) >= 11 is 0. The molecule has 0 atom stereocenters. The minimum atomic E-state index is -0.0455. The van der Waals surface area contributed by atoms with Gasteiger partial charge in [0.25, 0.3) is 0 Å². The second-order valence-electron chi connectivity index (χ2n) is 4.76. The third kappa shape index (κ3) is 10.5. The molecule has 0 saturated carbocycles. The molecule has 0 aromatic carbocycles. The van der Waals surface area contributed by atoms with Crippen LogP contribution in [0.15, 0.2) is 0 Å². The Morgan fingerprint density at radius 3 is 2.37 bits per heavy atom. The maximum absolute atomic E-state index is 11.5. The largest absolute Gasteiger partial charge is 0.383 e. The maximum atomic E-state index is 11.5. The molecule has 0 bridgehead atoms. The van der Waals surface area contributed by atoms with Gasteiger partial charge in [0, 0.05) is 40.1 Å². The number of nitrogens with zero attached hydrogens (tertiary/aromatic N) is 2. The van der Waals surface area contributed by atoms with Gasteiger partial charge in [0.15, 0.2) is 0 Å². The first-order valence-electron chi connectivity index (χ1n) is 6.63. The molecular formula is C13H27N3O3. The number of carbonyl (C=O) groups excluding carboxylic acids is 2. The predicted octanol–water partition coefficient (Wildman–Crippen LogP) is -0.0607. The quantitative estimate of drug-likeness (QED) is 0.566. The van der Waals surface area contributed by atoms with Crippen molar-refractivity contribution >= 4 is 11.8 Å². The van der Waals surface area contributed by atoms with Crippen LogP contribution in [0.1, 0.15) is 19.8 Å². The number of carbonyl (C=O) groups is 2. The van der Waals surface area contributed by atoms with Gasteiger partial charge in [-0.2, -0.15) is 0 Å². The van der Waals surface area contributed by atoms with Crippen molar-refractivity contribution in [1.82, 2.24) is 15.1 Å². The molecule has 0 saturated heterocycles. The van der Waals surface area contributed by atoms with Gasteiger partial charge in [-0.15, -0.1) is 0 Å². The molecule has 0 heterocycles. The molecule has 0 rings (SSSR count). The van der Waals surface area contributed by atoms with E-state index >= 15 is 0 Å². The molecule has 0 fully saturated rings. The van der Waals surface area contributed by atoms with Crippen molar-refractivity contribution in [3.05, 3.63) is 0 Å². The monoisotopic (exact) mass is 273 g/mol. The van der Waals surface area contributed by atoms with E-state index < -0.39 is 0 Å². The zero-order valence-electron chi connectivity index (χ0n) is 12.6. The highest BCUT2D eigenvalue weighted by Crippen LogP contribution is 1.96. The van der Waals surface area contributed by atoms with Gasteiger partial charge in [0.05, 0.1) is 6.61 Å². The van der Waals surface area contributed by atoms with Crippen LogP contribution in [0.3, 0.4) is 0 Å². The van der Waals surface area contributed by atoms with Crippen LogP contribution in [0.5, 0.6) is 0 Å². The summed E-state index contributed by atoms with van der Waals surface area (Å²) in [6.07, 6.45) is 1.25. The van der Waals surface area contributed by atoms with Crippen LogP contribution in [-0.2, 0) is 14.3 Å². The van der Waals surface area contributed by atoms with E-state index in [0.717, 1.165) is 13.0 Å². The lowest BCUT2D eigenvalue weighted by Gasteiger charge is -2.21. The molecule has 1 N–H and O–H groups in total. The summed E-state index contributed by atoms with van der Waals surface area (Å²) < 4.78 is 4.85. The van der Waals surface area contributed by atoms with Gasteiger partial charge in [-0.25, -0.2) is 0 Å². The Balaban J connectivity index is 3.87. The molecule has 0 spiro atoms. The summed E-state index contributed by atoms with van der Waals surface area (Å²) in [7, 11) is 5.59. The van der Waals surface area contributed by atoms with E-state index in [1.165, 1.54) is 0 Å². The van der Waals surface area contributed by atoms with Gasteiger partial charge in [0.2, 0.25) is 11.8 Å². The molecule has 0 aromatic rings. The lowest BCUT2D eigenvalue weighted by atomic mass is 10.3. The fourth-order valence-electron chi connectivity index (χ4n) is 1.62. The third-order valence-electron chi connectivity index (χ3n) is 2.72. The Bertz CT molecular complexity index is 270. The van der Waals surface area contributed by atoms with Crippen LogP contribution < -0.4 is 5.32 Å². The number of rotatable bonds is 10. The standard InChI is InChI=1S/C13H27N3O3/c1-12(17)16(9-5-8-15(2)3)10-6-13(18)14-7-11-19-4/h5-11H2,1-4H3,(H,14,18). The first-order chi connectivity index (χ1) is 8.97. The topological polar surface area (TPSA) is 61.9 Å². The lowest BCUT2D eigenvalue weighted by Crippen LogP contribution is -2.36. The average Bonchev–Trinajstić information content (AvgIpc) is 2.33. The zero-order chi connectivity index (χ0) is 14.7. The van der Waals surface area contributed by atoms with Gasteiger partial charge in [-0.05, 0) is 27.1 Å². The van der Waals surface area contributed by atoms with E-state index in [-0.39, 0.29) is 11.8 Å². The minimum Gasteiger partial charge on any atom is -0.383 e. The number of amides is 2. The van der Waals surface area contributed by atoms with Crippen LogP contribution in [-0.4, -0.2) is 75.6 Å². The van der Waals surface area contributed by atoms with Gasteiger partial charge < -0.3 is 19.9 Å². The highest BCUT2D eigenvalue weighted by Gasteiger charge is 2.10. The van der Waals surface area contributed by atoms with Crippen LogP contribution in [0, 0.1) is 0 Å². The molecule has 6 heteroatoms. The number of methoxy groups -OCH3 is 1. The highest BCUT2D eigenvalue weighted by molar-refractivity contribution is 5.77. The number of nitrogens with one attached hydrogen (secondary N) is 1. The summed E-state index contributed by atoms with van der Waals surface area (Å²) in [5.74, 6) is -0.0284. The smallest absolute Gasteiger partial charge is 0.221 e. The van der Waals surface area contributed by atoms with Crippen molar-refractivity contribution < 1.29 is 14.3 Å². The molecular weight excluding hydrogens is 246 g/mol. The number of hydrogen-bond donors (Lipinski definition) is 1. The predicted molar refractivity (Wildman–Crippen MR) is 74.9 cm³/mol. The Hall–Kier alpha value is -1.14. The Kier molecular flexibility index (Phi) is 10.1. The molecule has 0 aliphatic carbocycles. The van der Waals surface area contributed by atoms with E-state index in [2.05, 4.69) is 10.2 Å². The van der Waals surface area contributed by atoms with Crippen molar-refractivity contribution in [3.8, 4) is 0 Å². The summed E-state index contributed by atoms with van der Waals surface area (Å²) in [6.45, 7) is 4.66. The average molecular weight is 273 g/mol. The number of hydrogen-bond acceptors (Lipinski definition) is 4. The number of ether oxygens (including phenoxy) is 1. The normalized spacial score (nSPS) is 10.6. The fourth-order valence-corrected chi connectivity index (χ4v) is 1.62. The van der Waals surface area contributed by atoms with Crippen molar-refractivity contribution in [3.63, 3.8) is 0 Å². The molecule has 19 heavy (non-hydrogen) atoms. The van der Waals surface area contributed by atoms with Gasteiger partial charge in [-0.1, -0.05) is 0 Å². The van der Waals surface area contributed by atoms with E-state index in [1.807, 2.05) is 14.1 Å². The van der Waals surface area contributed by atoms with E-state index in [9.17, 15) is 9.59 Å². The first-order valence-corrected chi connectivity index (χ1v) is 6.63. The van der Waals surface area contributed by atoms with Crippen molar-refractivity contribution in [2.75, 3.05) is 54.0 Å². The summed E-state index contributed by atoms with van der Waals surface area (Å²) in [5.41, 5.74) is 0. The second-order valence-corrected chi connectivity index (χ2v) is 4.76. The summed E-state index contributed by atoms with van der Waals surface area (Å²) in [6, 6.07) is 0. The SMILES string of the molecule is COCCNC(=O)CCN(CCCN(C)C)C(C)=O. The molecule has 0 aliphatic rings. The van der Waals surface area contributed by atoms with E-state index in [0.29, 0.717) is 32.7 Å². The zero-order valence-corrected chi connectivity index (χ0v) is 12.6. The Labute approximate surface area is 116 Å². The van der Waals surface area contributed by atoms with Crippen LogP contribution in [0.2, 0.25) is 0 Å². The Morgan fingerprint density at radius 2 is 1.84 bits per heavy atom. The molecule has 6 nitrogen and oxygen atoms in total. The van der Waals surface area contributed by atoms with Gasteiger partial charge in [-0.3, -0.25) is 9.59 Å². The molecule has 0 aliphatic heterocycles.